The highest BCUT2D eigenvalue weighted by Gasteiger charge is 2.13. The number of aromatic nitrogens is 1. The number of anilines is 2. The third-order valence-electron chi connectivity index (χ3n) is 3.47. The zero-order valence-electron chi connectivity index (χ0n) is 14.2. The summed E-state index contributed by atoms with van der Waals surface area (Å²) in [6.07, 6.45) is 4.41. The summed E-state index contributed by atoms with van der Waals surface area (Å²) in [5.41, 5.74) is 14.4. The number of nitrogens with zero attached hydrogens (tertiary/aromatic N) is 2. The molecule has 0 saturated heterocycles. The van der Waals surface area contributed by atoms with Crippen molar-refractivity contribution in [2.75, 3.05) is 31.2 Å². The molecule has 0 aliphatic heterocycles. The quantitative estimate of drug-likeness (QED) is 0.444. The van der Waals surface area contributed by atoms with E-state index < -0.39 is 5.91 Å². The molecule has 25 heavy (non-hydrogen) atoms. The van der Waals surface area contributed by atoms with Gasteiger partial charge in [-0.15, -0.1) is 0 Å². The zero-order valence-corrected chi connectivity index (χ0v) is 14.2. The maximum Gasteiger partial charge on any atom is 0.292 e. The van der Waals surface area contributed by atoms with Crippen molar-refractivity contribution in [2.45, 2.75) is 6.92 Å². The smallest absolute Gasteiger partial charge is 0.292 e. The number of rotatable bonds is 7. The Bertz CT molecular complexity index is 794. The average Bonchev–Trinajstić information content (AvgIpc) is 3.04. The predicted octanol–water partition coefficient (Wildman–Crippen LogP) is 1.41. The standard InChI is InChI=1S/C17H22N6O2/c1-11-3-4-12(13(8-18)9-21-6-5-20-2)7-14(11)22-16(24)15-10-25-17(19)23-15/h3-4,7-10,20H,5-6,18H2,1-2H3,(H2,19,23)(H,22,24). The molecule has 0 unspecified atom stereocenters. The number of hydrogen-bond donors (Lipinski definition) is 4. The lowest BCUT2D eigenvalue weighted by Crippen LogP contribution is -2.13. The number of hydrogen-bond acceptors (Lipinski definition) is 7. The van der Waals surface area contributed by atoms with E-state index in [0.717, 1.165) is 23.2 Å². The Labute approximate surface area is 146 Å². The van der Waals surface area contributed by atoms with Crippen LogP contribution < -0.4 is 22.1 Å². The fourth-order valence-electron chi connectivity index (χ4n) is 2.07. The van der Waals surface area contributed by atoms with Crippen LogP contribution in [-0.2, 0) is 0 Å². The van der Waals surface area contributed by atoms with Crippen LogP contribution in [0.25, 0.3) is 5.57 Å². The van der Waals surface area contributed by atoms with Gasteiger partial charge in [0.25, 0.3) is 11.9 Å². The summed E-state index contributed by atoms with van der Waals surface area (Å²) >= 11 is 0. The van der Waals surface area contributed by atoms with Gasteiger partial charge in [-0.1, -0.05) is 12.1 Å². The number of nitrogens with one attached hydrogen (secondary N) is 2. The Morgan fingerprint density at radius 1 is 1.44 bits per heavy atom. The van der Waals surface area contributed by atoms with E-state index in [1.807, 2.05) is 32.2 Å². The molecular formula is C17H22N6O2. The van der Waals surface area contributed by atoms with Crippen molar-refractivity contribution in [3.63, 3.8) is 0 Å². The minimum absolute atomic E-state index is 0.0539. The number of benzene rings is 1. The minimum Gasteiger partial charge on any atom is -0.431 e. The molecule has 0 bridgehead atoms. The Morgan fingerprint density at radius 3 is 2.88 bits per heavy atom. The number of nitrogens with two attached hydrogens (primary N) is 2. The predicted molar refractivity (Wildman–Crippen MR) is 99.5 cm³/mol. The number of allylic oxidation sites excluding steroid dienone is 1. The van der Waals surface area contributed by atoms with Gasteiger partial charge in [-0.3, -0.25) is 9.79 Å². The second-order valence-corrected chi connectivity index (χ2v) is 5.32. The van der Waals surface area contributed by atoms with Crippen molar-refractivity contribution < 1.29 is 9.21 Å². The minimum atomic E-state index is -0.401. The van der Waals surface area contributed by atoms with Crippen LogP contribution in [0.15, 0.2) is 40.1 Å². The van der Waals surface area contributed by atoms with Crippen molar-refractivity contribution in [1.82, 2.24) is 10.3 Å². The lowest BCUT2D eigenvalue weighted by molar-refractivity contribution is 0.102. The summed E-state index contributed by atoms with van der Waals surface area (Å²) in [4.78, 5) is 20.3. The number of oxazole rings is 1. The fraction of sp³-hybridized carbons (Fsp3) is 0.235. The van der Waals surface area contributed by atoms with Gasteiger partial charge < -0.3 is 26.5 Å². The van der Waals surface area contributed by atoms with E-state index in [2.05, 4.69) is 20.6 Å². The second kappa shape index (κ2) is 8.65. The first-order chi connectivity index (χ1) is 12.0. The molecule has 1 aromatic carbocycles. The molecule has 0 saturated carbocycles. The molecule has 1 amide bonds. The van der Waals surface area contributed by atoms with Gasteiger partial charge in [-0.2, -0.15) is 4.98 Å². The summed E-state index contributed by atoms with van der Waals surface area (Å²) < 4.78 is 4.85. The van der Waals surface area contributed by atoms with E-state index >= 15 is 0 Å². The molecule has 2 aromatic rings. The van der Waals surface area contributed by atoms with Gasteiger partial charge in [-0.25, -0.2) is 0 Å². The monoisotopic (exact) mass is 342 g/mol. The van der Waals surface area contributed by atoms with Gasteiger partial charge in [0.05, 0.1) is 6.54 Å². The number of nitrogen functional groups attached to an aromatic ring is 1. The molecule has 0 aliphatic carbocycles. The summed E-state index contributed by atoms with van der Waals surface area (Å²) in [6, 6.07) is 5.59. The highest BCUT2D eigenvalue weighted by molar-refractivity contribution is 6.10. The van der Waals surface area contributed by atoms with Crippen LogP contribution in [-0.4, -0.2) is 37.2 Å². The van der Waals surface area contributed by atoms with Crippen LogP contribution in [0, 0.1) is 6.92 Å². The lowest BCUT2D eigenvalue weighted by atomic mass is 10.0. The number of aliphatic imine (C=N–C) groups is 1. The molecule has 0 atom stereocenters. The number of amides is 1. The van der Waals surface area contributed by atoms with Crippen molar-refractivity contribution in [3.05, 3.63) is 47.5 Å². The van der Waals surface area contributed by atoms with E-state index in [1.165, 1.54) is 12.5 Å². The Kier molecular flexibility index (Phi) is 6.30. The van der Waals surface area contributed by atoms with Gasteiger partial charge in [-0.05, 0) is 31.2 Å². The first kappa shape index (κ1) is 18.2. The van der Waals surface area contributed by atoms with Crippen LogP contribution >= 0.6 is 0 Å². The van der Waals surface area contributed by atoms with Crippen molar-refractivity contribution in [1.29, 1.82) is 0 Å². The number of carbonyl (C=O) groups excluding carboxylic acids is 1. The zero-order chi connectivity index (χ0) is 18.2. The third kappa shape index (κ3) is 4.92. The van der Waals surface area contributed by atoms with Gasteiger partial charge in [0.2, 0.25) is 0 Å². The fourth-order valence-corrected chi connectivity index (χ4v) is 2.07. The molecule has 8 nitrogen and oxygen atoms in total. The number of carbonyl (C=O) groups is 1. The van der Waals surface area contributed by atoms with Crippen molar-refractivity contribution >= 4 is 29.4 Å². The number of aryl methyl sites for hydroxylation is 1. The van der Waals surface area contributed by atoms with E-state index in [0.29, 0.717) is 12.2 Å². The highest BCUT2D eigenvalue weighted by Crippen LogP contribution is 2.22. The van der Waals surface area contributed by atoms with Crippen molar-refractivity contribution in [3.8, 4) is 0 Å². The highest BCUT2D eigenvalue weighted by atomic mass is 16.4. The van der Waals surface area contributed by atoms with Gasteiger partial charge in [0.1, 0.15) is 6.26 Å². The normalized spacial score (nSPS) is 11.8. The second-order valence-electron chi connectivity index (χ2n) is 5.32. The van der Waals surface area contributed by atoms with Crippen LogP contribution in [0.1, 0.15) is 21.6 Å². The SMILES string of the molecule is CNCCN=CC(=CN)c1ccc(C)c(NC(=O)c2coc(N)n2)c1. The molecule has 1 heterocycles. The van der Waals surface area contributed by atoms with Gasteiger partial charge in [0.15, 0.2) is 5.69 Å². The first-order valence-corrected chi connectivity index (χ1v) is 7.75. The van der Waals surface area contributed by atoms with Gasteiger partial charge in [0, 0.05) is 30.2 Å². The van der Waals surface area contributed by atoms with Crippen LogP contribution in [0.4, 0.5) is 11.7 Å². The summed E-state index contributed by atoms with van der Waals surface area (Å²) in [6.45, 7) is 3.32. The van der Waals surface area contributed by atoms with E-state index in [-0.39, 0.29) is 11.7 Å². The lowest BCUT2D eigenvalue weighted by Gasteiger charge is -2.10. The molecule has 8 heteroatoms. The molecule has 6 N–H and O–H groups in total. The molecule has 132 valence electrons. The topological polar surface area (TPSA) is 132 Å². The third-order valence-corrected chi connectivity index (χ3v) is 3.47. The molecule has 0 fully saturated rings. The van der Waals surface area contributed by atoms with Crippen LogP contribution in [0.5, 0.6) is 0 Å². The molecule has 1 aromatic heterocycles. The molecule has 2 rings (SSSR count). The summed E-state index contributed by atoms with van der Waals surface area (Å²) in [7, 11) is 1.87. The molecule has 0 spiro atoms. The summed E-state index contributed by atoms with van der Waals surface area (Å²) in [5.74, 6) is -0.401. The van der Waals surface area contributed by atoms with E-state index in [1.54, 1.807) is 6.21 Å². The Morgan fingerprint density at radius 2 is 2.24 bits per heavy atom. The Hall–Kier alpha value is -3.13. The number of likely N-dealkylation sites (N-methyl/N-ethyl adjacent to an activating group) is 1. The van der Waals surface area contributed by atoms with Gasteiger partial charge >= 0.3 is 0 Å². The van der Waals surface area contributed by atoms with Crippen molar-refractivity contribution in [2.24, 2.45) is 10.7 Å². The first-order valence-electron chi connectivity index (χ1n) is 7.75. The maximum atomic E-state index is 12.2. The largest absolute Gasteiger partial charge is 0.431 e. The summed E-state index contributed by atoms with van der Waals surface area (Å²) in [5, 5.41) is 5.82. The van der Waals surface area contributed by atoms with Crippen LogP contribution in [0.3, 0.4) is 0 Å². The Balaban J connectivity index is 2.18. The molecular weight excluding hydrogens is 320 g/mol. The van der Waals surface area contributed by atoms with E-state index in [9.17, 15) is 4.79 Å². The average molecular weight is 342 g/mol. The van der Waals surface area contributed by atoms with Crippen LogP contribution in [0.2, 0.25) is 0 Å². The molecule has 0 aliphatic rings. The maximum absolute atomic E-state index is 12.2. The molecule has 0 radical (unpaired) electrons. The van der Waals surface area contributed by atoms with E-state index in [4.69, 9.17) is 15.9 Å².